The van der Waals surface area contributed by atoms with E-state index in [0.29, 0.717) is 5.56 Å². The molecule has 0 radical (unpaired) electrons. The van der Waals surface area contributed by atoms with Crippen molar-refractivity contribution in [3.8, 4) is 0 Å². The van der Waals surface area contributed by atoms with Crippen LogP contribution in [0.2, 0.25) is 0 Å². The SMILES string of the molecule is Cc1cc(C(N)c2cncc(F)c2)c(C)o1. The lowest BCUT2D eigenvalue weighted by molar-refractivity contribution is 0.499. The number of rotatable bonds is 2. The van der Waals surface area contributed by atoms with Crippen molar-refractivity contribution in [3.63, 3.8) is 0 Å². The van der Waals surface area contributed by atoms with E-state index in [-0.39, 0.29) is 5.82 Å². The quantitative estimate of drug-likeness (QED) is 0.845. The molecule has 3 nitrogen and oxygen atoms in total. The zero-order valence-electron chi connectivity index (χ0n) is 9.20. The molecule has 0 aliphatic heterocycles. The molecule has 0 bridgehead atoms. The maximum atomic E-state index is 13.0. The molecule has 0 saturated carbocycles. The van der Waals surface area contributed by atoms with Gasteiger partial charge in [-0.05, 0) is 31.5 Å². The summed E-state index contributed by atoms with van der Waals surface area (Å²) in [5, 5.41) is 0. The number of nitrogens with zero attached hydrogens (tertiary/aromatic N) is 1. The first-order chi connectivity index (χ1) is 7.58. The fourth-order valence-electron chi connectivity index (χ4n) is 1.74. The van der Waals surface area contributed by atoms with Gasteiger partial charge in [-0.3, -0.25) is 4.98 Å². The van der Waals surface area contributed by atoms with E-state index in [4.69, 9.17) is 10.2 Å². The van der Waals surface area contributed by atoms with Gasteiger partial charge in [0.25, 0.3) is 0 Å². The molecule has 16 heavy (non-hydrogen) atoms. The predicted molar refractivity (Wildman–Crippen MR) is 58.4 cm³/mol. The second-order valence-electron chi connectivity index (χ2n) is 3.78. The third-order valence-electron chi connectivity index (χ3n) is 2.50. The van der Waals surface area contributed by atoms with Gasteiger partial charge in [0.15, 0.2) is 0 Å². The molecule has 2 aromatic heterocycles. The van der Waals surface area contributed by atoms with E-state index in [2.05, 4.69) is 4.98 Å². The van der Waals surface area contributed by atoms with Crippen LogP contribution in [0.15, 0.2) is 28.9 Å². The van der Waals surface area contributed by atoms with E-state index in [9.17, 15) is 4.39 Å². The van der Waals surface area contributed by atoms with E-state index in [1.165, 1.54) is 6.07 Å². The topological polar surface area (TPSA) is 52.0 Å². The summed E-state index contributed by atoms with van der Waals surface area (Å²) in [6.07, 6.45) is 2.72. The third-order valence-corrected chi connectivity index (χ3v) is 2.50. The first kappa shape index (κ1) is 10.8. The van der Waals surface area contributed by atoms with E-state index >= 15 is 0 Å². The number of halogens is 1. The monoisotopic (exact) mass is 220 g/mol. The van der Waals surface area contributed by atoms with Crippen molar-refractivity contribution in [2.45, 2.75) is 19.9 Å². The van der Waals surface area contributed by atoms with Crippen LogP contribution in [0, 0.1) is 19.7 Å². The van der Waals surface area contributed by atoms with Crippen LogP contribution in [0.25, 0.3) is 0 Å². The summed E-state index contributed by atoms with van der Waals surface area (Å²) in [7, 11) is 0. The van der Waals surface area contributed by atoms with Crippen LogP contribution in [0.3, 0.4) is 0 Å². The van der Waals surface area contributed by atoms with Crippen LogP contribution in [0.1, 0.15) is 28.7 Å². The van der Waals surface area contributed by atoms with Crippen LogP contribution < -0.4 is 5.73 Å². The molecule has 2 aromatic rings. The number of aromatic nitrogens is 1. The normalized spacial score (nSPS) is 12.8. The molecule has 2 rings (SSSR count). The standard InChI is InChI=1S/C12H13FN2O/c1-7-3-11(8(2)16-7)12(14)9-4-10(13)6-15-5-9/h3-6,12H,14H2,1-2H3. The lowest BCUT2D eigenvalue weighted by Crippen LogP contribution is -2.12. The average Bonchev–Trinajstić information content (AvgIpc) is 2.57. The highest BCUT2D eigenvalue weighted by Gasteiger charge is 2.15. The Morgan fingerprint density at radius 2 is 2.06 bits per heavy atom. The largest absolute Gasteiger partial charge is 0.466 e. The summed E-state index contributed by atoms with van der Waals surface area (Å²) in [5.74, 6) is 1.17. The number of hydrogen-bond acceptors (Lipinski definition) is 3. The van der Waals surface area contributed by atoms with Gasteiger partial charge in [0.1, 0.15) is 17.3 Å². The van der Waals surface area contributed by atoms with Crippen LogP contribution in [0.5, 0.6) is 0 Å². The van der Waals surface area contributed by atoms with Gasteiger partial charge in [0.05, 0.1) is 12.2 Å². The summed E-state index contributed by atoms with van der Waals surface area (Å²) in [6.45, 7) is 3.70. The van der Waals surface area contributed by atoms with Crippen molar-refractivity contribution in [3.05, 3.63) is 53.0 Å². The fraction of sp³-hybridized carbons (Fsp3) is 0.250. The van der Waals surface area contributed by atoms with E-state index < -0.39 is 6.04 Å². The molecule has 1 atom stereocenters. The summed E-state index contributed by atoms with van der Waals surface area (Å²) >= 11 is 0. The van der Waals surface area contributed by atoms with Gasteiger partial charge in [0, 0.05) is 11.8 Å². The zero-order valence-corrected chi connectivity index (χ0v) is 9.20. The molecule has 4 heteroatoms. The number of nitrogens with two attached hydrogens (primary N) is 1. The lowest BCUT2D eigenvalue weighted by atomic mass is 10.0. The van der Waals surface area contributed by atoms with Crippen molar-refractivity contribution in [2.75, 3.05) is 0 Å². The summed E-state index contributed by atoms with van der Waals surface area (Å²) < 4.78 is 18.4. The minimum Gasteiger partial charge on any atom is -0.466 e. The fourth-order valence-corrected chi connectivity index (χ4v) is 1.74. The molecule has 2 N–H and O–H groups in total. The second kappa shape index (κ2) is 4.06. The predicted octanol–water partition coefficient (Wildman–Crippen LogP) is 2.48. The van der Waals surface area contributed by atoms with E-state index in [0.717, 1.165) is 23.3 Å². The summed E-state index contributed by atoms with van der Waals surface area (Å²) in [4.78, 5) is 3.78. The van der Waals surface area contributed by atoms with Crippen LogP contribution in [-0.2, 0) is 0 Å². The van der Waals surface area contributed by atoms with Crippen molar-refractivity contribution >= 4 is 0 Å². The Balaban J connectivity index is 2.38. The van der Waals surface area contributed by atoms with Gasteiger partial charge in [-0.25, -0.2) is 4.39 Å². The molecule has 0 aromatic carbocycles. The molecule has 84 valence electrons. The number of hydrogen-bond donors (Lipinski definition) is 1. The van der Waals surface area contributed by atoms with Gasteiger partial charge < -0.3 is 10.2 Å². The Kier molecular flexibility index (Phi) is 2.75. The van der Waals surface area contributed by atoms with Crippen molar-refractivity contribution < 1.29 is 8.81 Å². The summed E-state index contributed by atoms with van der Waals surface area (Å²) in [5.41, 5.74) is 7.54. The lowest BCUT2D eigenvalue weighted by Gasteiger charge is -2.10. The van der Waals surface area contributed by atoms with Crippen LogP contribution in [0.4, 0.5) is 4.39 Å². The van der Waals surface area contributed by atoms with Gasteiger partial charge in [-0.2, -0.15) is 0 Å². The molecular weight excluding hydrogens is 207 g/mol. The average molecular weight is 220 g/mol. The molecule has 0 spiro atoms. The van der Waals surface area contributed by atoms with Crippen molar-refractivity contribution in [2.24, 2.45) is 5.73 Å². The summed E-state index contributed by atoms with van der Waals surface area (Å²) in [6, 6.07) is 2.85. The van der Waals surface area contributed by atoms with Gasteiger partial charge >= 0.3 is 0 Å². The molecule has 0 saturated heterocycles. The maximum absolute atomic E-state index is 13.0. The third kappa shape index (κ3) is 1.97. The molecule has 0 amide bonds. The number of aryl methyl sites for hydroxylation is 2. The van der Waals surface area contributed by atoms with Crippen LogP contribution >= 0.6 is 0 Å². The van der Waals surface area contributed by atoms with Gasteiger partial charge in [0.2, 0.25) is 0 Å². The molecule has 2 heterocycles. The van der Waals surface area contributed by atoms with Crippen molar-refractivity contribution in [1.82, 2.24) is 4.98 Å². The highest BCUT2D eigenvalue weighted by Crippen LogP contribution is 2.25. The molecule has 0 aliphatic carbocycles. The highest BCUT2D eigenvalue weighted by molar-refractivity contribution is 5.32. The Bertz CT molecular complexity index is 507. The molecule has 0 aliphatic rings. The Morgan fingerprint density at radius 3 is 2.62 bits per heavy atom. The van der Waals surface area contributed by atoms with E-state index in [1.54, 1.807) is 6.20 Å². The maximum Gasteiger partial charge on any atom is 0.141 e. The number of furan rings is 1. The smallest absolute Gasteiger partial charge is 0.141 e. The minimum absolute atomic E-state index is 0.384. The van der Waals surface area contributed by atoms with Crippen molar-refractivity contribution in [1.29, 1.82) is 0 Å². The Labute approximate surface area is 93.1 Å². The van der Waals surface area contributed by atoms with Crippen LogP contribution in [-0.4, -0.2) is 4.98 Å². The zero-order chi connectivity index (χ0) is 11.7. The first-order valence-corrected chi connectivity index (χ1v) is 5.01. The van der Waals surface area contributed by atoms with Gasteiger partial charge in [-0.1, -0.05) is 0 Å². The Hall–Kier alpha value is -1.68. The molecular formula is C12H13FN2O. The minimum atomic E-state index is -0.402. The highest BCUT2D eigenvalue weighted by atomic mass is 19.1. The number of pyridine rings is 1. The van der Waals surface area contributed by atoms with E-state index in [1.807, 2.05) is 19.9 Å². The van der Waals surface area contributed by atoms with Gasteiger partial charge in [-0.15, -0.1) is 0 Å². The second-order valence-corrected chi connectivity index (χ2v) is 3.78. The molecule has 0 fully saturated rings. The first-order valence-electron chi connectivity index (χ1n) is 5.01. The Morgan fingerprint density at radius 1 is 1.31 bits per heavy atom. The molecule has 1 unspecified atom stereocenters.